The molecule has 0 aliphatic heterocycles. The highest BCUT2D eigenvalue weighted by Crippen LogP contribution is 2.24. The second kappa shape index (κ2) is 6.27. The van der Waals surface area contributed by atoms with Gasteiger partial charge in [0.15, 0.2) is 0 Å². The molecule has 4 heteroatoms. The largest absolute Gasteiger partial charge is 0.344 e. The van der Waals surface area contributed by atoms with Crippen molar-refractivity contribution < 1.29 is 4.74 Å². The Balaban J connectivity index is 3.00. The first kappa shape index (κ1) is 14.3. The molecule has 0 fully saturated rings. The summed E-state index contributed by atoms with van der Waals surface area (Å²) in [5.74, 6) is 0. The molecule has 0 aliphatic rings. The highest BCUT2D eigenvalue weighted by molar-refractivity contribution is 5.46. The zero-order chi connectivity index (χ0) is 13.6. The Kier molecular flexibility index (Phi) is 4.99. The molecule has 4 nitrogen and oxygen atoms in total. The molecule has 1 aromatic rings. The number of azo groups is 1. The van der Waals surface area contributed by atoms with E-state index in [2.05, 4.69) is 16.3 Å². The second-order valence-electron chi connectivity index (χ2n) is 4.34. The molecule has 0 amide bonds. The fourth-order valence-electron chi connectivity index (χ4n) is 1.71. The van der Waals surface area contributed by atoms with Gasteiger partial charge in [0.25, 0.3) is 5.72 Å². The number of ether oxygens (including phenoxy) is 1. The van der Waals surface area contributed by atoms with Gasteiger partial charge in [-0.25, -0.2) is 0 Å². The Hall–Kier alpha value is -1.73. The van der Waals surface area contributed by atoms with Crippen LogP contribution in [0.1, 0.15) is 30.9 Å². The fraction of sp³-hybridized carbons (Fsp3) is 0.500. The van der Waals surface area contributed by atoms with Crippen LogP contribution in [0.25, 0.3) is 0 Å². The van der Waals surface area contributed by atoms with Gasteiger partial charge in [-0.2, -0.15) is 10.4 Å². The number of hydrogen-bond donors (Lipinski definition) is 0. The van der Waals surface area contributed by atoms with E-state index < -0.39 is 5.72 Å². The van der Waals surface area contributed by atoms with Crippen molar-refractivity contribution in [2.75, 3.05) is 7.11 Å². The summed E-state index contributed by atoms with van der Waals surface area (Å²) in [6, 6.07) is 8.00. The molecule has 1 aromatic carbocycles. The Morgan fingerprint density at radius 2 is 2.11 bits per heavy atom. The fourth-order valence-corrected chi connectivity index (χ4v) is 1.71. The van der Waals surface area contributed by atoms with Crippen molar-refractivity contribution in [1.29, 1.82) is 5.26 Å². The molecule has 1 rings (SSSR count). The molecule has 1 atom stereocenters. The van der Waals surface area contributed by atoms with E-state index in [4.69, 9.17) is 4.74 Å². The highest BCUT2D eigenvalue weighted by atomic mass is 16.5. The maximum Gasteiger partial charge on any atom is 0.266 e. The van der Waals surface area contributed by atoms with Crippen molar-refractivity contribution in [3.8, 4) is 6.07 Å². The van der Waals surface area contributed by atoms with Gasteiger partial charge >= 0.3 is 0 Å². The normalized spacial score (nSPS) is 14.4. The Bertz CT molecular complexity index is 476. The van der Waals surface area contributed by atoms with Gasteiger partial charge in [0.2, 0.25) is 0 Å². The zero-order valence-corrected chi connectivity index (χ0v) is 11.4. The maximum atomic E-state index is 9.17. The predicted octanol–water partition coefficient (Wildman–Crippen LogP) is 4.05. The Labute approximate surface area is 108 Å². The van der Waals surface area contributed by atoms with Crippen LogP contribution in [-0.4, -0.2) is 12.8 Å². The minimum atomic E-state index is -1.16. The van der Waals surface area contributed by atoms with Gasteiger partial charge in [0.05, 0.1) is 5.69 Å². The van der Waals surface area contributed by atoms with E-state index in [9.17, 15) is 5.26 Å². The van der Waals surface area contributed by atoms with Crippen LogP contribution < -0.4 is 0 Å². The third kappa shape index (κ3) is 3.38. The smallest absolute Gasteiger partial charge is 0.266 e. The van der Waals surface area contributed by atoms with Crippen LogP contribution in [-0.2, 0) is 4.74 Å². The van der Waals surface area contributed by atoms with E-state index in [-0.39, 0.29) is 0 Å². The van der Waals surface area contributed by atoms with Gasteiger partial charge in [-0.05, 0) is 25.5 Å². The van der Waals surface area contributed by atoms with Gasteiger partial charge in [0, 0.05) is 13.5 Å². The van der Waals surface area contributed by atoms with Crippen molar-refractivity contribution in [3.05, 3.63) is 29.3 Å². The molecule has 0 bridgehead atoms. The third-order valence-electron chi connectivity index (χ3n) is 2.77. The summed E-state index contributed by atoms with van der Waals surface area (Å²) >= 11 is 0. The van der Waals surface area contributed by atoms with Crippen molar-refractivity contribution >= 4 is 5.69 Å². The molecule has 1 unspecified atom stereocenters. The lowest BCUT2D eigenvalue weighted by Gasteiger charge is -2.17. The molecule has 0 heterocycles. The van der Waals surface area contributed by atoms with E-state index in [1.807, 2.05) is 39.0 Å². The van der Waals surface area contributed by atoms with Crippen molar-refractivity contribution in [2.24, 2.45) is 10.2 Å². The number of hydrogen-bond acceptors (Lipinski definition) is 4. The van der Waals surface area contributed by atoms with Gasteiger partial charge in [-0.3, -0.25) is 0 Å². The summed E-state index contributed by atoms with van der Waals surface area (Å²) in [6.07, 6.45) is 1.35. The molecule has 0 aliphatic carbocycles. The number of methoxy groups -OCH3 is 1. The first-order valence-electron chi connectivity index (χ1n) is 6.03. The molecule has 0 N–H and O–H groups in total. The van der Waals surface area contributed by atoms with Crippen LogP contribution in [0.3, 0.4) is 0 Å². The molecule has 0 saturated carbocycles. The second-order valence-corrected chi connectivity index (χ2v) is 4.34. The van der Waals surface area contributed by atoms with Crippen molar-refractivity contribution in [1.82, 2.24) is 0 Å². The summed E-state index contributed by atoms with van der Waals surface area (Å²) in [5, 5.41) is 17.4. The maximum absolute atomic E-state index is 9.17. The first-order chi connectivity index (χ1) is 8.56. The number of rotatable bonds is 5. The summed E-state index contributed by atoms with van der Waals surface area (Å²) in [7, 11) is 1.49. The third-order valence-corrected chi connectivity index (χ3v) is 2.77. The molecule has 0 spiro atoms. The molecule has 96 valence electrons. The SMILES string of the molecule is CCCC(C#N)(N=Nc1ccc(C)cc1C)OC. The van der Waals surface area contributed by atoms with E-state index in [0.717, 1.165) is 17.7 Å². The average molecular weight is 245 g/mol. The van der Waals surface area contributed by atoms with Crippen LogP contribution in [0.5, 0.6) is 0 Å². The van der Waals surface area contributed by atoms with Crippen LogP contribution >= 0.6 is 0 Å². The topological polar surface area (TPSA) is 57.7 Å². The van der Waals surface area contributed by atoms with Crippen molar-refractivity contribution in [3.63, 3.8) is 0 Å². The number of nitrogens with zero attached hydrogens (tertiary/aromatic N) is 3. The van der Waals surface area contributed by atoms with E-state index in [0.29, 0.717) is 6.42 Å². The lowest BCUT2D eigenvalue weighted by atomic mass is 10.1. The van der Waals surface area contributed by atoms with Crippen LogP contribution in [0.15, 0.2) is 28.4 Å². The summed E-state index contributed by atoms with van der Waals surface area (Å²) < 4.78 is 5.19. The van der Waals surface area contributed by atoms with E-state index in [1.54, 1.807) is 0 Å². The molecular weight excluding hydrogens is 226 g/mol. The lowest BCUT2D eigenvalue weighted by molar-refractivity contribution is 0.0331. The van der Waals surface area contributed by atoms with Crippen LogP contribution in [0.4, 0.5) is 5.69 Å². The Morgan fingerprint density at radius 1 is 1.39 bits per heavy atom. The van der Waals surface area contributed by atoms with Crippen molar-refractivity contribution in [2.45, 2.75) is 39.3 Å². The van der Waals surface area contributed by atoms with Gasteiger partial charge < -0.3 is 4.74 Å². The van der Waals surface area contributed by atoms with Crippen LogP contribution in [0.2, 0.25) is 0 Å². The summed E-state index contributed by atoms with van der Waals surface area (Å²) in [5.41, 5.74) is 1.83. The number of benzene rings is 1. The Morgan fingerprint density at radius 3 is 2.61 bits per heavy atom. The molecule has 0 aromatic heterocycles. The molecule has 0 radical (unpaired) electrons. The number of aryl methyl sites for hydroxylation is 2. The monoisotopic (exact) mass is 245 g/mol. The first-order valence-corrected chi connectivity index (χ1v) is 6.03. The minimum Gasteiger partial charge on any atom is -0.344 e. The van der Waals surface area contributed by atoms with Crippen LogP contribution in [0, 0.1) is 25.2 Å². The highest BCUT2D eigenvalue weighted by Gasteiger charge is 2.28. The quantitative estimate of drug-likeness (QED) is 0.734. The average Bonchev–Trinajstić information content (AvgIpc) is 2.36. The predicted molar refractivity (Wildman–Crippen MR) is 70.7 cm³/mol. The lowest BCUT2D eigenvalue weighted by Crippen LogP contribution is -2.25. The summed E-state index contributed by atoms with van der Waals surface area (Å²) in [4.78, 5) is 0. The zero-order valence-electron chi connectivity index (χ0n) is 11.4. The van der Waals surface area contributed by atoms with E-state index >= 15 is 0 Å². The molecular formula is C14H19N3O. The van der Waals surface area contributed by atoms with E-state index in [1.165, 1.54) is 12.7 Å². The standard InChI is InChI=1S/C14H19N3O/c1-5-8-14(10-15,18-4)17-16-13-7-6-11(2)9-12(13)3/h6-7,9H,5,8H2,1-4H3. The molecule has 18 heavy (non-hydrogen) atoms. The minimum absolute atomic E-state index is 0.536. The summed E-state index contributed by atoms with van der Waals surface area (Å²) in [6.45, 7) is 5.99. The van der Waals surface area contributed by atoms with Gasteiger partial charge in [-0.15, -0.1) is 5.11 Å². The molecule has 0 saturated heterocycles. The van der Waals surface area contributed by atoms with Gasteiger partial charge in [-0.1, -0.05) is 31.0 Å². The number of nitriles is 1. The van der Waals surface area contributed by atoms with Gasteiger partial charge in [0.1, 0.15) is 6.07 Å².